The van der Waals surface area contributed by atoms with Crippen LogP contribution in [0.2, 0.25) is 0 Å². The predicted octanol–water partition coefficient (Wildman–Crippen LogP) is 5.00. The third kappa shape index (κ3) is 3.20. The Morgan fingerprint density at radius 2 is 1.77 bits per heavy atom. The first-order valence-corrected chi connectivity index (χ1v) is 9.41. The molecule has 0 fully saturated rings. The molecule has 5 nitrogen and oxygen atoms in total. The van der Waals surface area contributed by atoms with Gasteiger partial charge >= 0.3 is 6.18 Å². The van der Waals surface area contributed by atoms with E-state index in [4.69, 9.17) is 6.42 Å². The second-order valence-corrected chi connectivity index (χ2v) is 7.52. The summed E-state index contributed by atoms with van der Waals surface area (Å²) in [7, 11) is 0. The van der Waals surface area contributed by atoms with Crippen LogP contribution in [0.5, 0.6) is 5.75 Å². The number of phenolic OH excluding ortho intramolecular Hbond substituents is 1. The lowest BCUT2D eigenvalue weighted by molar-refractivity contribution is -0.136. The molecule has 1 amide bonds. The van der Waals surface area contributed by atoms with Crippen molar-refractivity contribution in [2.24, 2.45) is 10.2 Å². The summed E-state index contributed by atoms with van der Waals surface area (Å²) in [5.41, 5.74) is -2.44. The van der Waals surface area contributed by atoms with Crippen molar-refractivity contribution in [3.8, 4) is 18.1 Å². The van der Waals surface area contributed by atoms with E-state index in [1.165, 1.54) is 24.3 Å². The van der Waals surface area contributed by atoms with Crippen molar-refractivity contribution in [3.63, 3.8) is 0 Å². The highest BCUT2D eigenvalue weighted by Gasteiger charge is 2.53. The van der Waals surface area contributed by atoms with Crippen molar-refractivity contribution in [2.75, 3.05) is 5.32 Å². The Balaban J connectivity index is 1.81. The van der Waals surface area contributed by atoms with E-state index in [0.717, 1.165) is 6.07 Å². The van der Waals surface area contributed by atoms with Gasteiger partial charge in [-0.25, -0.2) is 0 Å². The number of benzene rings is 2. The van der Waals surface area contributed by atoms with Gasteiger partial charge in [0.2, 0.25) is 5.91 Å². The number of aromatic hydroxyl groups is 1. The van der Waals surface area contributed by atoms with Gasteiger partial charge in [0.15, 0.2) is 5.66 Å². The molecule has 4 rings (SSSR count). The van der Waals surface area contributed by atoms with Crippen molar-refractivity contribution in [2.45, 2.75) is 42.9 Å². The topological polar surface area (TPSA) is 74.0 Å². The van der Waals surface area contributed by atoms with Gasteiger partial charge in [-0.05, 0) is 42.2 Å². The molecule has 0 aromatic heterocycles. The lowest BCUT2D eigenvalue weighted by Gasteiger charge is -2.29. The molecule has 0 spiro atoms. The molecule has 0 aliphatic carbocycles. The predicted molar refractivity (Wildman–Crippen MR) is 104 cm³/mol. The fourth-order valence-corrected chi connectivity index (χ4v) is 4.10. The molecule has 8 heteroatoms. The molecular weight excluding hydrogens is 395 g/mol. The number of anilines is 1. The minimum absolute atomic E-state index is 0.00532. The Bertz CT molecular complexity index is 1060. The maximum atomic E-state index is 13.6. The Hall–Kier alpha value is -3.34. The number of fused-ring (bicyclic) bond motifs is 1. The van der Waals surface area contributed by atoms with E-state index in [0.29, 0.717) is 24.8 Å². The number of carbonyl (C=O) groups excluding carboxylic acids is 1. The first-order chi connectivity index (χ1) is 14.2. The summed E-state index contributed by atoms with van der Waals surface area (Å²) in [6.07, 6.45) is 2.24. The number of para-hydroxylation sites is 1. The number of phenols is 1. The molecular formula is C22H18F3N3O2. The number of carbonyl (C=O) groups is 1. The SMILES string of the molecule is C#CCCC1(CCC2(c3ccc(O)cc3)C(=O)Nc3c(C(F)(F)F)cccc32)N=N1. The van der Waals surface area contributed by atoms with Gasteiger partial charge < -0.3 is 10.4 Å². The van der Waals surface area contributed by atoms with Gasteiger partial charge in [-0.3, -0.25) is 4.79 Å². The van der Waals surface area contributed by atoms with Crippen molar-refractivity contribution in [1.82, 2.24) is 0 Å². The number of nitrogens with one attached hydrogen (secondary N) is 1. The maximum Gasteiger partial charge on any atom is 0.418 e. The van der Waals surface area contributed by atoms with E-state index in [1.54, 1.807) is 12.1 Å². The molecule has 0 radical (unpaired) electrons. The summed E-state index contributed by atoms with van der Waals surface area (Å²) in [4.78, 5) is 13.2. The van der Waals surface area contributed by atoms with Gasteiger partial charge in [0.25, 0.3) is 0 Å². The molecule has 0 saturated heterocycles. The Labute approximate surface area is 171 Å². The van der Waals surface area contributed by atoms with Crippen molar-refractivity contribution >= 4 is 11.6 Å². The smallest absolute Gasteiger partial charge is 0.418 e. The molecule has 2 heterocycles. The molecule has 2 aliphatic heterocycles. The van der Waals surface area contributed by atoms with Crippen LogP contribution in [-0.2, 0) is 16.4 Å². The molecule has 0 bridgehead atoms. The van der Waals surface area contributed by atoms with E-state index < -0.39 is 28.7 Å². The van der Waals surface area contributed by atoms with E-state index in [9.17, 15) is 23.1 Å². The normalized spacial score (nSPS) is 21.1. The van der Waals surface area contributed by atoms with Crippen LogP contribution >= 0.6 is 0 Å². The van der Waals surface area contributed by atoms with Crippen LogP contribution in [0.1, 0.15) is 42.4 Å². The number of rotatable bonds is 6. The average Bonchev–Trinajstić information content (AvgIpc) is 3.41. The summed E-state index contributed by atoms with van der Waals surface area (Å²) in [6.45, 7) is 0. The summed E-state index contributed by atoms with van der Waals surface area (Å²) < 4.78 is 40.7. The number of amides is 1. The van der Waals surface area contributed by atoms with Gasteiger partial charge in [0.1, 0.15) is 11.2 Å². The van der Waals surface area contributed by atoms with Crippen molar-refractivity contribution in [1.29, 1.82) is 0 Å². The van der Waals surface area contributed by atoms with E-state index in [-0.39, 0.29) is 23.4 Å². The maximum absolute atomic E-state index is 13.6. The Kier molecular flexibility index (Phi) is 4.57. The average molecular weight is 413 g/mol. The second kappa shape index (κ2) is 6.87. The van der Waals surface area contributed by atoms with E-state index in [1.807, 2.05) is 0 Å². The fraction of sp³-hybridized carbons (Fsp3) is 0.318. The third-order valence-electron chi connectivity index (χ3n) is 5.77. The van der Waals surface area contributed by atoms with Gasteiger partial charge in [-0.1, -0.05) is 24.3 Å². The number of nitrogens with zero attached hydrogens (tertiary/aromatic N) is 2. The van der Waals surface area contributed by atoms with Crippen molar-refractivity contribution in [3.05, 3.63) is 59.2 Å². The van der Waals surface area contributed by atoms with Crippen LogP contribution in [0.4, 0.5) is 18.9 Å². The van der Waals surface area contributed by atoms with Gasteiger partial charge in [-0.15, -0.1) is 12.3 Å². The highest BCUT2D eigenvalue weighted by atomic mass is 19.4. The minimum Gasteiger partial charge on any atom is -0.508 e. The highest BCUT2D eigenvalue weighted by molar-refractivity contribution is 6.09. The van der Waals surface area contributed by atoms with Crippen molar-refractivity contribution < 1.29 is 23.1 Å². The quantitative estimate of drug-likeness (QED) is 0.654. The number of halogens is 3. The molecule has 1 atom stereocenters. The van der Waals surface area contributed by atoms with Crippen LogP contribution in [0, 0.1) is 12.3 Å². The van der Waals surface area contributed by atoms with Crippen LogP contribution in [-0.4, -0.2) is 16.7 Å². The molecule has 2 aromatic rings. The summed E-state index contributed by atoms with van der Waals surface area (Å²) in [5, 5.41) is 20.3. The summed E-state index contributed by atoms with van der Waals surface area (Å²) in [6, 6.07) is 9.72. The van der Waals surface area contributed by atoms with Crippen LogP contribution in [0.3, 0.4) is 0 Å². The number of terminal acetylenes is 1. The Morgan fingerprint density at radius 1 is 1.07 bits per heavy atom. The largest absolute Gasteiger partial charge is 0.508 e. The second-order valence-electron chi connectivity index (χ2n) is 7.52. The van der Waals surface area contributed by atoms with Gasteiger partial charge in [0.05, 0.1) is 11.3 Å². The van der Waals surface area contributed by atoms with Gasteiger partial charge in [-0.2, -0.15) is 23.4 Å². The van der Waals surface area contributed by atoms with Crippen LogP contribution in [0.15, 0.2) is 52.7 Å². The van der Waals surface area contributed by atoms with E-state index >= 15 is 0 Å². The summed E-state index contributed by atoms with van der Waals surface area (Å²) >= 11 is 0. The molecule has 2 aromatic carbocycles. The lowest BCUT2D eigenvalue weighted by Crippen LogP contribution is -2.37. The lowest BCUT2D eigenvalue weighted by atomic mass is 9.70. The number of hydrogen-bond acceptors (Lipinski definition) is 4. The van der Waals surface area contributed by atoms with Crippen LogP contribution < -0.4 is 5.32 Å². The zero-order valence-electron chi connectivity index (χ0n) is 15.8. The summed E-state index contributed by atoms with van der Waals surface area (Å²) in [5.74, 6) is 1.98. The Morgan fingerprint density at radius 3 is 2.37 bits per heavy atom. The molecule has 154 valence electrons. The first kappa shape index (κ1) is 20.0. The van der Waals surface area contributed by atoms with Gasteiger partial charge in [0, 0.05) is 12.8 Å². The number of alkyl halides is 3. The molecule has 1 unspecified atom stereocenters. The molecule has 30 heavy (non-hydrogen) atoms. The molecule has 2 N–H and O–H groups in total. The zero-order chi connectivity index (χ0) is 21.6. The minimum atomic E-state index is -4.61. The highest BCUT2D eigenvalue weighted by Crippen LogP contribution is 2.52. The fourth-order valence-electron chi connectivity index (χ4n) is 4.10. The van der Waals surface area contributed by atoms with E-state index in [2.05, 4.69) is 21.5 Å². The monoisotopic (exact) mass is 413 g/mol. The number of hydrogen-bond donors (Lipinski definition) is 2. The van der Waals surface area contributed by atoms with Crippen LogP contribution in [0.25, 0.3) is 0 Å². The standard InChI is InChI=1S/C22H18F3N3O2/c1-2-3-11-20(27-28-20)12-13-21(14-7-9-15(29)10-8-14)16-5-4-6-17(22(23,24)25)18(16)26-19(21)30/h1,4-10,29H,3,11-13H2,(H,26,30). The zero-order valence-corrected chi connectivity index (χ0v) is 15.8. The molecule has 0 saturated carbocycles. The third-order valence-corrected chi connectivity index (χ3v) is 5.77. The molecule has 2 aliphatic rings. The first-order valence-electron chi connectivity index (χ1n) is 9.41.